The van der Waals surface area contributed by atoms with Crippen LogP contribution < -0.4 is 4.74 Å². The Morgan fingerprint density at radius 1 is 1.58 bits per heavy atom. The molecule has 0 bridgehead atoms. The van der Waals surface area contributed by atoms with E-state index in [0.29, 0.717) is 0 Å². The molecule has 0 saturated carbocycles. The fraction of sp³-hybridized carbons (Fsp3) is 0.167. The van der Waals surface area contributed by atoms with Crippen LogP contribution in [0.3, 0.4) is 0 Å². The van der Waals surface area contributed by atoms with Crippen molar-refractivity contribution in [3.8, 4) is 11.8 Å². The molecule has 0 aromatic carbocycles. The molecule has 0 unspecified atom stereocenters. The summed E-state index contributed by atoms with van der Waals surface area (Å²) in [5.41, 5.74) is 0. The Balaban J connectivity index is 0.00000121. The van der Waals surface area contributed by atoms with E-state index in [-0.39, 0.29) is 41.3 Å². The number of nitrogens with zero attached hydrogens (tertiary/aromatic N) is 2. The first-order chi connectivity index (χ1) is 5.18. The van der Waals surface area contributed by atoms with Crippen LogP contribution in [0.1, 0.15) is 6.92 Å². The molecule has 1 aromatic heterocycles. The van der Waals surface area contributed by atoms with Gasteiger partial charge in [-0.3, -0.25) is 4.79 Å². The standard InChI is InChI=1S/C6H6N2O3.Na.H/c1-4(9)11-6-2-5(10)7-3-8-6;;/h2-3H,1H3,(H,7,8,10);;. The molecule has 0 aliphatic heterocycles. The first kappa shape index (κ1) is 11.4. The first-order valence-corrected chi connectivity index (χ1v) is 2.88. The number of carbonyl (C=O) groups excluding carboxylic acids is 1. The van der Waals surface area contributed by atoms with Gasteiger partial charge in [0.05, 0.1) is 6.07 Å². The molecule has 1 heterocycles. The van der Waals surface area contributed by atoms with Crippen LogP contribution in [0.4, 0.5) is 0 Å². The van der Waals surface area contributed by atoms with Gasteiger partial charge in [0.15, 0.2) is 0 Å². The molecule has 0 aliphatic rings. The first-order valence-electron chi connectivity index (χ1n) is 2.88. The van der Waals surface area contributed by atoms with Gasteiger partial charge in [0.2, 0.25) is 11.8 Å². The van der Waals surface area contributed by atoms with E-state index in [2.05, 4.69) is 14.7 Å². The molecule has 0 fully saturated rings. The Bertz CT molecular complexity index is 279. The molecule has 1 rings (SSSR count). The Morgan fingerprint density at radius 2 is 2.25 bits per heavy atom. The molecule has 60 valence electrons. The Morgan fingerprint density at radius 3 is 2.75 bits per heavy atom. The summed E-state index contributed by atoms with van der Waals surface area (Å²) >= 11 is 0. The van der Waals surface area contributed by atoms with Crippen molar-refractivity contribution in [2.75, 3.05) is 0 Å². The van der Waals surface area contributed by atoms with Gasteiger partial charge in [0, 0.05) is 6.92 Å². The minimum atomic E-state index is -0.483. The summed E-state index contributed by atoms with van der Waals surface area (Å²) < 4.78 is 4.54. The summed E-state index contributed by atoms with van der Waals surface area (Å²) in [5, 5.41) is 8.78. The van der Waals surface area contributed by atoms with E-state index in [9.17, 15) is 4.79 Å². The van der Waals surface area contributed by atoms with Gasteiger partial charge in [-0.2, -0.15) is 0 Å². The molecular formula is C6H7N2NaO3. The summed E-state index contributed by atoms with van der Waals surface area (Å²) in [6, 6.07) is 1.15. The topological polar surface area (TPSA) is 72.3 Å². The molecule has 1 N–H and O–H groups in total. The summed E-state index contributed by atoms with van der Waals surface area (Å²) in [5.74, 6) is -0.663. The van der Waals surface area contributed by atoms with Gasteiger partial charge < -0.3 is 9.84 Å². The van der Waals surface area contributed by atoms with E-state index in [1.165, 1.54) is 6.92 Å². The van der Waals surface area contributed by atoms with Gasteiger partial charge in [0.1, 0.15) is 6.33 Å². The molecule has 0 saturated heterocycles. The molecular weight excluding hydrogens is 171 g/mol. The van der Waals surface area contributed by atoms with Crippen molar-refractivity contribution in [3.63, 3.8) is 0 Å². The number of carbonyl (C=O) groups is 1. The summed E-state index contributed by atoms with van der Waals surface area (Å²) in [7, 11) is 0. The van der Waals surface area contributed by atoms with Gasteiger partial charge in [-0.15, -0.1) is 0 Å². The Labute approximate surface area is 91.1 Å². The summed E-state index contributed by atoms with van der Waals surface area (Å²) in [4.78, 5) is 17.3. The molecule has 0 atom stereocenters. The van der Waals surface area contributed by atoms with Crippen LogP contribution in [0, 0.1) is 0 Å². The van der Waals surface area contributed by atoms with Crippen LogP contribution in [0.15, 0.2) is 12.4 Å². The minimum absolute atomic E-state index is 0. The average molecular weight is 178 g/mol. The van der Waals surface area contributed by atoms with Gasteiger partial charge in [-0.05, 0) is 0 Å². The van der Waals surface area contributed by atoms with E-state index < -0.39 is 5.97 Å². The van der Waals surface area contributed by atoms with Gasteiger partial charge in [0.25, 0.3) is 0 Å². The van der Waals surface area contributed by atoms with Crippen LogP contribution >= 0.6 is 0 Å². The zero-order valence-electron chi connectivity index (χ0n) is 5.81. The van der Waals surface area contributed by atoms with Crippen LogP contribution in [0.2, 0.25) is 0 Å². The number of hydrogen-bond acceptors (Lipinski definition) is 5. The van der Waals surface area contributed by atoms with Gasteiger partial charge in [-0.25, -0.2) is 9.97 Å². The second kappa shape index (κ2) is 5.08. The number of esters is 1. The van der Waals surface area contributed by atoms with Crippen LogP contribution in [-0.4, -0.2) is 50.6 Å². The number of ether oxygens (including phenoxy) is 1. The summed E-state index contributed by atoms with van der Waals surface area (Å²) in [6.45, 7) is 1.25. The monoisotopic (exact) mass is 178 g/mol. The number of hydrogen-bond donors (Lipinski definition) is 1. The second-order valence-corrected chi connectivity index (χ2v) is 1.81. The van der Waals surface area contributed by atoms with Crippen LogP contribution in [0.5, 0.6) is 11.8 Å². The quantitative estimate of drug-likeness (QED) is 0.461. The molecule has 12 heavy (non-hydrogen) atoms. The number of aromatic hydroxyl groups is 1. The van der Waals surface area contributed by atoms with Crippen molar-refractivity contribution >= 4 is 35.5 Å². The van der Waals surface area contributed by atoms with E-state index in [1.54, 1.807) is 0 Å². The van der Waals surface area contributed by atoms with Gasteiger partial charge in [-0.1, -0.05) is 0 Å². The SMILES string of the molecule is CC(=O)Oc1cc(O)ncn1.[NaH]. The average Bonchev–Trinajstić information content (AvgIpc) is 1.85. The maximum absolute atomic E-state index is 10.4. The Kier molecular flexibility index (Phi) is 4.80. The van der Waals surface area contributed by atoms with E-state index in [4.69, 9.17) is 5.11 Å². The fourth-order valence-corrected chi connectivity index (χ4v) is 0.533. The number of aromatic nitrogens is 2. The zero-order chi connectivity index (χ0) is 8.27. The van der Waals surface area contributed by atoms with E-state index >= 15 is 0 Å². The molecule has 0 spiro atoms. The van der Waals surface area contributed by atoms with Crippen molar-refractivity contribution in [2.24, 2.45) is 0 Å². The maximum atomic E-state index is 10.4. The van der Waals surface area contributed by atoms with Crippen LogP contribution in [0.25, 0.3) is 0 Å². The van der Waals surface area contributed by atoms with E-state index in [1.807, 2.05) is 0 Å². The van der Waals surface area contributed by atoms with Crippen molar-refractivity contribution < 1.29 is 14.6 Å². The second-order valence-electron chi connectivity index (χ2n) is 1.81. The third-order valence-electron chi connectivity index (χ3n) is 0.876. The third kappa shape index (κ3) is 3.66. The molecule has 5 nitrogen and oxygen atoms in total. The van der Waals surface area contributed by atoms with Crippen molar-refractivity contribution in [1.29, 1.82) is 0 Å². The van der Waals surface area contributed by atoms with E-state index in [0.717, 1.165) is 12.4 Å². The molecule has 0 radical (unpaired) electrons. The van der Waals surface area contributed by atoms with Gasteiger partial charge >= 0.3 is 35.5 Å². The normalized spacial score (nSPS) is 8.42. The molecule has 6 heteroatoms. The molecule has 1 aromatic rings. The predicted molar refractivity (Wildman–Crippen MR) is 42.2 cm³/mol. The zero-order valence-corrected chi connectivity index (χ0v) is 5.81. The fourth-order valence-electron chi connectivity index (χ4n) is 0.533. The third-order valence-corrected chi connectivity index (χ3v) is 0.876. The number of rotatable bonds is 1. The van der Waals surface area contributed by atoms with Crippen molar-refractivity contribution in [1.82, 2.24) is 9.97 Å². The predicted octanol–water partition coefficient (Wildman–Crippen LogP) is -0.541. The van der Waals surface area contributed by atoms with Crippen LogP contribution in [-0.2, 0) is 4.79 Å². The Hall–Kier alpha value is -0.650. The summed E-state index contributed by atoms with van der Waals surface area (Å²) in [6.07, 6.45) is 1.10. The van der Waals surface area contributed by atoms with Crippen molar-refractivity contribution in [2.45, 2.75) is 6.92 Å². The molecule has 0 aliphatic carbocycles. The van der Waals surface area contributed by atoms with Crippen molar-refractivity contribution in [3.05, 3.63) is 12.4 Å². The molecule has 0 amide bonds.